The number of amides is 2. The third-order valence-electron chi connectivity index (χ3n) is 4.16. The van der Waals surface area contributed by atoms with Gasteiger partial charge in [-0.15, -0.1) is 0 Å². The maximum absolute atomic E-state index is 13.2. The number of para-hydroxylation sites is 2. The van der Waals surface area contributed by atoms with Crippen molar-refractivity contribution in [2.45, 2.75) is 12.5 Å². The monoisotopic (exact) mass is 326 g/mol. The molecular weight excluding hydrogens is 308 g/mol. The number of hydrogen-bond donors (Lipinski definition) is 1. The number of ether oxygens (including phenoxy) is 2. The Balaban J connectivity index is 2.10. The number of nitrogens with zero attached hydrogens (tertiary/aromatic N) is 1. The van der Waals surface area contributed by atoms with Gasteiger partial charge in [-0.05, 0) is 23.8 Å². The van der Waals surface area contributed by atoms with Crippen molar-refractivity contribution in [1.29, 1.82) is 0 Å². The van der Waals surface area contributed by atoms with Crippen LogP contribution < -0.4 is 20.1 Å². The Morgan fingerprint density at radius 3 is 2.50 bits per heavy atom. The number of benzene rings is 2. The highest BCUT2D eigenvalue weighted by atomic mass is 16.5. The highest BCUT2D eigenvalue weighted by molar-refractivity contribution is 6.13. The zero-order valence-electron chi connectivity index (χ0n) is 13.5. The summed E-state index contributed by atoms with van der Waals surface area (Å²) in [6.07, 6.45) is 0.406. The van der Waals surface area contributed by atoms with Crippen LogP contribution in [0.5, 0.6) is 11.5 Å². The van der Waals surface area contributed by atoms with E-state index in [0.29, 0.717) is 29.2 Å². The van der Waals surface area contributed by atoms with Gasteiger partial charge < -0.3 is 15.2 Å². The van der Waals surface area contributed by atoms with Crippen molar-refractivity contribution in [1.82, 2.24) is 0 Å². The van der Waals surface area contributed by atoms with Gasteiger partial charge >= 0.3 is 0 Å². The van der Waals surface area contributed by atoms with Crippen molar-refractivity contribution in [3.63, 3.8) is 0 Å². The summed E-state index contributed by atoms with van der Waals surface area (Å²) in [7, 11) is 2.97. The summed E-state index contributed by atoms with van der Waals surface area (Å²) in [5, 5.41) is 0. The third-order valence-corrected chi connectivity index (χ3v) is 4.16. The number of rotatable bonds is 4. The minimum Gasteiger partial charge on any atom is -0.493 e. The first kappa shape index (κ1) is 15.9. The molecule has 124 valence electrons. The number of nitrogens with two attached hydrogens (primary N) is 1. The van der Waals surface area contributed by atoms with E-state index in [4.69, 9.17) is 15.2 Å². The van der Waals surface area contributed by atoms with Gasteiger partial charge in [0.15, 0.2) is 11.5 Å². The number of carbonyl (C=O) groups is 2. The summed E-state index contributed by atoms with van der Waals surface area (Å²) in [4.78, 5) is 26.5. The molecule has 6 heteroatoms. The Morgan fingerprint density at radius 1 is 1.08 bits per heavy atom. The number of primary amides is 1. The average Bonchev–Trinajstić information content (AvgIpc) is 3.00. The number of carbonyl (C=O) groups excluding carboxylic acids is 2. The molecule has 1 unspecified atom stereocenters. The van der Waals surface area contributed by atoms with Crippen molar-refractivity contribution < 1.29 is 19.1 Å². The van der Waals surface area contributed by atoms with Gasteiger partial charge in [0.25, 0.3) is 5.91 Å². The molecular formula is C18H18N2O4. The summed E-state index contributed by atoms with van der Waals surface area (Å²) >= 11 is 0. The van der Waals surface area contributed by atoms with Gasteiger partial charge in [0, 0.05) is 12.1 Å². The zero-order valence-corrected chi connectivity index (χ0v) is 13.5. The van der Waals surface area contributed by atoms with Gasteiger partial charge in [-0.3, -0.25) is 14.5 Å². The Hall–Kier alpha value is -3.02. The third kappa shape index (κ3) is 2.46. The molecule has 1 aliphatic heterocycles. The maximum atomic E-state index is 13.2. The van der Waals surface area contributed by atoms with Crippen molar-refractivity contribution in [3.05, 3.63) is 53.6 Å². The highest BCUT2D eigenvalue weighted by Crippen LogP contribution is 2.37. The average molecular weight is 326 g/mol. The molecule has 24 heavy (non-hydrogen) atoms. The van der Waals surface area contributed by atoms with E-state index in [-0.39, 0.29) is 5.91 Å². The molecule has 1 atom stereocenters. The van der Waals surface area contributed by atoms with Crippen LogP contribution in [-0.2, 0) is 11.2 Å². The first-order chi connectivity index (χ1) is 11.6. The molecule has 1 aliphatic rings. The molecule has 0 bridgehead atoms. The molecule has 2 aromatic carbocycles. The molecule has 1 heterocycles. The normalized spacial score (nSPS) is 15.8. The van der Waals surface area contributed by atoms with Crippen molar-refractivity contribution >= 4 is 17.5 Å². The summed E-state index contributed by atoms with van der Waals surface area (Å²) in [5.41, 5.74) is 7.44. The van der Waals surface area contributed by atoms with Gasteiger partial charge in [-0.2, -0.15) is 0 Å². The second-order valence-corrected chi connectivity index (χ2v) is 5.47. The SMILES string of the molecule is COc1cccc(C(=O)N2c3ccccc3CC2C(N)=O)c1OC. The summed E-state index contributed by atoms with van der Waals surface area (Å²) < 4.78 is 10.6. The maximum Gasteiger partial charge on any atom is 0.262 e. The van der Waals surface area contributed by atoms with Crippen LogP contribution in [-0.4, -0.2) is 32.1 Å². The molecule has 0 fully saturated rings. The summed E-state index contributed by atoms with van der Waals surface area (Å²) in [6, 6.07) is 11.7. The van der Waals surface area contributed by atoms with Crippen molar-refractivity contribution in [3.8, 4) is 11.5 Å². The predicted octanol–water partition coefficient (Wildman–Crippen LogP) is 1.76. The van der Waals surface area contributed by atoms with Gasteiger partial charge in [-0.1, -0.05) is 24.3 Å². The lowest BCUT2D eigenvalue weighted by molar-refractivity contribution is -0.119. The topological polar surface area (TPSA) is 81.9 Å². The van der Waals surface area contributed by atoms with E-state index in [1.165, 1.54) is 19.1 Å². The quantitative estimate of drug-likeness (QED) is 0.928. The summed E-state index contributed by atoms with van der Waals surface area (Å²) in [5.74, 6) is -0.107. The fourth-order valence-corrected chi connectivity index (χ4v) is 3.05. The molecule has 0 radical (unpaired) electrons. The van der Waals surface area contributed by atoms with E-state index < -0.39 is 11.9 Å². The molecule has 0 saturated carbocycles. The van der Waals surface area contributed by atoms with E-state index in [1.807, 2.05) is 24.3 Å². The number of anilines is 1. The molecule has 2 amide bonds. The van der Waals surface area contributed by atoms with E-state index in [0.717, 1.165) is 5.56 Å². The van der Waals surface area contributed by atoms with Crippen molar-refractivity contribution in [2.75, 3.05) is 19.1 Å². The number of methoxy groups -OCH3 is 2. The first-order valence-corrected chi connectivity index (χ1v) is 7.50. The number of hydrogen-bond acceptors (Lipinski definition) is 4. The van der Waals surface area contributed by atoms with E-state index >= 15 is 0 Å². The fraction of sp³-hybridized carbons (Fsp3) is 0.222. The minimum absolute atomic E-state index is 0.319. The fourth-order valence-electron chi connectivity index (χ4n) is 3.05. The van der Waals surface area contributed by atoms with Crippen LogP contribution in [0, 0.1) is 0 Å². The van der Waals surface area contributed by atoms with Crippen LogP contribution in [0.25, 0.3) is 0 Å². The molecule has 0 spiro atoms. The minimum atomic E-state index is -0.717. The van der Waals surface area contributed by atoms with E-state index in [9.17, 15) is 9.59 Å². The Morgan fingerprint density at radius 2 is 1.83 bits per heavy atom. The number of fused-ring (bicyclic) bond motifs is 1. The molecule has 0 aromatic heterocycles. The first-order valence-electron chi connectivity index (χ1n) is 7.50. The predicted molar refractivity (Wildman–Crippen MR) is 89.5 cm³/mol. The lowest BCUT2D eigenvalue weighted by atomic mass is 10.1. The lowest BCUT2D eigenvalue weighted by Crippen LogP contribution is -2.46. The van der Waals surface area contributed by atoms with Crippen LogP contribution in [0.4, 0.5) is 5.69 Å². The van der Waals surface area contributed by atoms with E-state index in [2.05, 4.69) is 0 Å². The second kappa shape index (κ2) is 6.23. The highest BCUT2D eigenvalue weighted by Gasteiger charge is 2.38. The largest absolute Gasteiger partial charge is 0.493 e. The molecule has 0 saturated heterocycles. The van der Waals surface area contributed by atoms with Crippen LogP contribution in [0.2, 0.25) is 0 Å². The molecule has 6 nitrogen and oxygen atoms in total. The molecule has 3 rings (SSSR count). The van der Waals surface area contributed by atoms with E-state index in [1.54, 1.807) is 18.2 Å². The lowest BCUT2D eigenvalue weighted by Gasteiger charge is -2.24. The molecule has 2 aromatic rings. The zero-order chi connectivity index (χ0) is 17.3. The Kier molecular flexibility index (Phi) is 4.12. The molecule has 2 N–H and O–H groups in total. The van der Waals surface area contributed by atoms with Crippen molar-refractivity contribution in [2.24, 2.45) is 5.73 Å². The second-order valence-electron chi connectivity index (χ2n) is 5.47. The van der Waals surface area contributed by atoms with Gasteiger partial charge in [-0.25, -0.2) is 0 Å². The standard InChI is InChI=1S/C18H18N2O4/c1-23-15-9-5-7-12(16(15)24-2)18(22)20-13-8-4-3-6-11(13)10-14(20)17(19)21/h3-9,14H,10H2,1-2H3,(H2,19,21). The van der Waals surface area contributed by atoms with Gasteiger partial charge in [0.05, 0.1) is 19.8 Å². The summed E-state index contributed by atoms with van der Waals surface area (Å²) in [6.45, 7) is 0. The molecule has 0 aliphatic carbocycles. The van der Waals surface area contributed by atoms with Crippen LogP contribution >= 0.6 is 0 Å². The smallest absolute Gasteiger partial charge is 0.262 e. The Bertz CT molecular complexity index is 803. The van der Waals surface area contributed by atoms with Crippen LogP contribution in [0.3, 0.4) is 0 Å². The Labute approximate surface area is 139 Å². The van der Waals surface area contributed by atoms with Crippen LogP contribution in [0.15, 0.2) is 42.5 Å². The van der Waals surface area contributed by atoms with Crippen LogP contribution in [0.1, 0.15) is 15.9 Å². The van der Waals surface area contributed by atoms with Gasteiger partial charge in [0.1, 0.15) is 6.04 Å². The van der Waals surface area contributed by atoms with Gasteiger partial charge in [0.2, 0.25) is 5.91 Å².